The molecule has 1 heterocycles. The molecule has 1 aromatic carbocycles. The van der Waals surface area contributed by atoms with Crippen LogP contribution in [0.15, 0.2) is 18.2 Å². The highest BCUT2D eigenvalue weighted by Crippen LogP contribution is 2.30. The van der Waals surface area contributed by atoms with E-state index in [0.717, 1.165) is 18.1 Å². The van der Waals surface area contributed by atoms with Crippen molar-refractivity contribution < 1.29 is 0 Å². The summed E-state index contributed by atoms with van der Waals surface area (Å²) >= 11 is 6.23. The Kier molecular flexibility index (Phi) is 3.95. The van der Waals surface area contributed by atoms with Crippen LogP contribution >= 0.6 is 11.6 Å². The third-order valence-electron chi connectivity index (χ3n) is 3.65. The molecule has 2 nitrogen and oxygen atoms in total. The van der Waals surface area contributed by atoms with E-state index in [4.69, 9.17) is 11.6 Å². The maximum absolute atomic E-state index is 6.23. The molecule has 2 atom stereocenters. The van der Waals surface area contributed by atoms with Crippen LogP contribution < -0.4 is 10.2 Å². The van der Waals surface area contributed by atoms with Crippen molar-refractivity contribution >= 4 is 17.3 Å². The quantitative estimate of drug-likeness (QED) is 0.826. The van der Waals surface area contributed by atoms with Gasteiger partial charge in [-0.3, -0.25) is 0 Å². The predicted octanol–water partition coefficient (Wildman–Crippen LogP) is 3.23. The molecule has 17 heavy (non-hydrogen) atoms. The SMILES string of the molecule is Cc1c(Cl)cccc1N1C(C)CCNCC1C. The van der Waals surface area contributed by atoms with E-state index < -0.39 is 0 Å². The highest BCUT2D eigenvalue weighted by molar-refractivity contribution is 6.31. The smallest absolute Gasteiger partial charge is 0.0455 e. The summed E-state index contributed by atoms with van der Waals surface area (Å²) in [6.45, 7) is 8.81. The molecule has 1 aliphatic rings. The van der Waals surface area contributed by atoms with Crippen LogP contribution in [-0.4, -0.2) is 25.2 Å². The van der Waals surface area contributed by atoms with E-state index in [2.05, 4.69) is 37.1 Å². The lowest BCUT2D eigenvalue weighted by Crippen LogP contribution is -2.42. The van der Waals surface area contributed by atoms with E-state index in [1.54, 1.807) is 0 Å². The number of rotatable bonds is 1. The summed E-state index contributed by atoms with van der Waals surface area (Å²) in [6.07, 6.45) is 1.18. The Morgan fingerprint density at radius 2 is 2.06 bits per heavy atom. The lowest BCUT2D eigenvalue weighted by atomic mass is 10.1. The summed E-state index contributed by atoms with van der Waals surface area (Å²) in [5, 5.41) is 4.35. The van der Waals surface area contributed by atoms with E-state index >= 15 is 0 Å². The van der Waals surface area contributed by atoms with E-state index in [1.165, 1.54) is 17.7 Å². The molecule has 94 valence electrons. The van der Waals surface area contributed by atoms with Crippen LogP contribution in [-0.2, 0) is 0 Å². The number of hydrogen-bond acceptors (Lipinski definition) is 2. The van der Waals surface area contributed by atoms with Crippen molar-refractivity contribution in [3.63, 3.8) is 0 Å². The first-order chi connectivity index (χ1) is 8.11. The van der Waals surface area contributed by atoms with E-state index in [-0.39, 0.29) is 0 Å². The number of nitrogens with zero attached hydrogens (tertiary/aromatic N) is 1. The minimum Gasteiger partial charge on any atom is -0.365 e. The third kappa shape index (κ3) is 2.58. The second-order valence-corrected chi connectivity index (χ2v) is 5.39. The Morgan fingerprint density at radius 3 is 2.82 bits per heavy atom. The lowest BCUT2D eigenvalue weighted by molar-refractivity contribution is 0.574. The fraction of sp³-hybridized carbons (Fsp3) is 0.571. The molecule has 0 aromatic heterocycles. The summed E-state index contributed by atoms with van der Waals surface area (Å²) in [5.41, 5.74) is 2.47. The van der Waals surface area contributed by atoms with Crippen LogP contribution in [0.5, 0.6) is 0 Å². The van der Waals surface area contributed by atoms with Gasteiger partial charge in [-0.05, 0) is 51.4 Å². The number of anilines is 1. The summed E-state index contributed by atoms with van der Waals surface area (Å²) in [6, 6.07) is 7.25. The van der Waals surface area contributed by atoms with Gasteiger partial charge in [-0.25, -0.2) is 0 Å². The minimum absolute atomic E-state index is 0.504. The molecule has 0 radical (unpaired) electrons. The van der Waals surface area contributed by atoms with Gasteiger partial charge in [0, 0.05) is 29.3 Å². The summed E-state index contributed by atoms with van der Waals surface area (Å²) in [4.78, 5) is 2.50. The van der Waals surface area contributed by atoms with Gasteiger partial charge < -0.3 is 10.2 Å². The molecule has 1 fully saturated rings. The molecule has 0 saturated carbocycles. The largest absolute Gasteiger partial charge is 0.365 e. The number of benzene rings is 1. The van der Waals surface area contributed by atoms with E-state index in [9.17, 15) is 0 Å². The molecule has 3 heteroatoms. The van der Waals surface area contributed by atoms with Crippen molar-refractivity contribution in [3.05, 3.63) is 28.8 Å². The van der Waals surface area contributed by atoms with Gasteiger partial charge in [0.1, 0.15) is 0 Å². The van der Waals surface area contributed by atoms with Gasteiger partial charge in [0.15, 0.2) is 0 Å². The maximum atomic E-state index is 6.23. The maximum Gasteiger partial charge on any atom is 0.0455 e. The van der Waals surface area contributed by atoms with Crippen molar-refractivity contribution in [1.82, 2.24) is 5.32 Å². The van der Waals surface area contributed by atoms with Crippen LogP contribution in [0.3, 0.4) is 0 Å². The molecule has 0 aliphatic carbocycles. The van der Waals surface area contributed by atoms with E-state index in [1.807, 2.05) is 12.1 Å². The van der Waals surface area contributed by atoms with Crippen molar-refractivity contribution in [1.29, 1.82) is 0 Å². The average Bonchev–Trinajstić information content (AvgIpc) is 2.45. The molecule has 2 rings (SSSR count). The molecule has 1 N–H and O–H groups in total. The molecular weight excluding hydrogens is 232 g/mol. The van der Waals surface area contributed by atoms with Gasteiger partial charge in [-0.2, -0.15) is 0 Å². The Balaban J connectivity index is 2.38. The van der Waals surface area contributed by atoms with Crippen LogP contribution in [0, 0.1) is 6.92 Å². The fourth-order valence-corrected chi connectivity index (χ4v) is 2.81. The van der Waals surface area contributed by atoms with Crippen molar-refractivity contribution in [2.75, 3.05) is 18.0 Å². The van der Waals surface area contributed by atoms with E-state index in [0.29, 0.717) is 12.1 Å². The van der Waals surface area contributed by atoms with Crippen LogP contribution in [0.25, 0.3) is 0 Å². The van der Waals surface area contributed by atoms with Gasteiger partial charge in [0.25, 0.3) is 0 Å². The Morgan fingerprint density at radius 1 is 1.29 bits per heavy atom. The monoisotopic (exact) mass is 252 g/mol. The van der Waals surface area contributed by atoms with Crippen molar-refractivity contribution in [2.45, 2.75) is 39.3 Å². The average molecular weight is 253 g/mol. The van der Waals surface area contributed by atoms with Gasteiger partial charge >= 0.3 is 0 Å². The van der Waals surface area contributed by atoms with Crippen molar-refractivity contribution in [3.8, 4) is 0 Å². The second kappa shape index (κ2) is 5.28. The molecule has 2 unspecified atom stereocenters. The Bertz CT molecular complexity index is 380. The Labute approximate surface area is 109 Å². The number of nitrogens with one attached hydrogen (secondary N) is 1. The highest BCUT2D eigenvalue weighted by atomic mass is 35.5. The summed E-state index contributed by atoms with van der Waals surface area (Å²) < 4.78 is 0. The van der Waals surface area contributed by atoms with Gasteiger partial charge in [-0.1, -0.05) is 17.7 Å². The molecule has 0 amide bonds. The third-order valence-corrected chi connectivity index (χ3v) is 4.06. The van der Waals surface area contributed by atoms with Gasteiger partial charge in [-0.15, -0.1) is 0 Å². The van der Waals surface area contributed by atoms with Gasteiger partial charge in [0.05, 0.1) is 0 Å². The fourth-order valence-electron chi connectivity index (χ4n) is 2.64. The molecular formula is C14H21ClN2. The predicted molar refractivity (Wildman–Crippen MR) is 75.1 cm³/mol. The topological polar surface area (TPSA) is 15.3 Å². The minimum atomic E-state index is 0.504. The molecule has 1 saturated heterocycles. The summed E-state index contributed by atoms with van der Waals surface area (Å²) in [7, 11) is 0. The van der Waals surface area contributed by atoms with Gasteiger partial charge in [0.2, 0.25) is 0 Å². The zero-order valence-electron chi connectivity index (χ0n) is 10.8. The highest BCUT2D eigenvalue weighted by Gasteiger charge is 2.24. The Hall–Kier alpha value is -0.730. The first-order valence-corrected chi connectivity index (χ1v) is 6.73. The first-order valence-electron chi connectivity index (χ1n) is 6.35. The van der Waals surface area contributed by atoms with Crippen molar-refractivity contribution in [2.24, 2.45) is 0 Å². The second-order valence-electron chi connectivity index (χ2n) is 4.98. The zero-order chi connectivity index (χ0) is 12.4. The van der Waals surface area contributed by atoms with Crippen LogP contribution in [0.4, 0.5) is 5.69 Å². The number of hydrogen-bond donors (Lipinski definition) is 1. The summed E-state index contributed by atoms with van der Waals surface area (Å²) in [5.74, 6) is 0. The zero-order valence-corrected chi connectivity index (χ0v) is 11.6. The molecule has 1 aromatic rings. The first kappa shape index (κ1) is 12.7. The lowest BCUT2D eigenvalue weighted by Gasteiger charge is -2.36. The van der Waals surface area contributed by atoms with Crippen LogP contribution in [0.1, 0.15) is 25.8 Å². The molecule has 0 bridgehead atoms. The molecule has 0 spiro atoms. The van der Waals surface area contributed by atoms with Crippen LogP contribution in [0.2, 0.25) is 5.02 Å². The molecule has 1 aliphatic heterocycles. The standard InChI is InChI=1S/C14H21ClN2/c1-10-7-8-16-9-11(2)17(10)14-6-4-5-13(15)12(14)3/h4-6,10-11,16H,7-9H2,1-3H3. The normalized spacial score (nSPS) is 25.8. The number of halogens is 1.